The van der Waals surface area contributed by atoms with E-state index < -0.39 is 11.6 Å². The molecule has 1 saturated carbocycles. The zero-order valence-electron chi connectivity index (χ0n) is 20.3. The zero-order valence-corrected chi connectivity index (χ0v) is 20.3. The van der Waals surface area contributed by atoms with Crippen molar-refractivity contribution in [2.75, 3.05) is 0 Å². The maximum atomic E-state index is 14.9. The number of hydrogen-bond donors (Lipinski definition) is 0. The number of rotatable bonds is 3. The molecule has 2 unspecified atom stereocenters. The second kappa shape index (κ2) is 6.91. The minimum Gasteiger partial charge on any atom is -0.277 e. The topological polar surface area (TPSA) is 26.9 Å². The maximum Gasteiger partial charge on any atom is 0.275 e. The highest BCUT2D eigenvalue weighted by Gasteiger charge is 2.62. The lowest BCUT2D eigenvalue weighted by Crippen LogP contribution is -2.36. The second-order valence-electron chi connectivity index (χ2n) is 11.6. The Kier molecular flexibility index (Phi) is 4.63. The summed E-state index contributed by atoms with van der Waals surface area (Å²) >= 11 is 0. The summed E-state index contributed by atoms with van der Waals surface area (Å²) in [6.45, 7) is 13.7. The maximum absolute atomic E-state index is 14.9. The Labute approximate surface area is 194 Å². The number of halogens is 2. The van der Waals surface area contributed by atoms with E-state index in [1.807, 2.05) is 4.68 Å². The van der Waals surface area contributed by atoms with E-state index in [-0.39, 0.29) is 33.4 Å². The lowest BCUT2D eigenvalue weighted by Gasteiger charge is -2.36. The van der Waals surface area contributed by atoms with Crippen LogP contribution in [0.25, 0.3) is 5.69 Å². The molecule has 0 radical (unpaired) electrons. The van der Waals surface area contributed by atoms with Gasteiger partial charge in [0, 0.05) is 17.0 Å². The van der Waals surface area contributed by atoms with E-state index in [2.05, 4.69) is 65.8 Å². The minimum absolute atomic E-state index is 0.0449. The Morgan fingerprint density at radius 2 is 1.70 bits per heavy atom. The quantitative estimate of drug-likeness (QED) is 0.451. The van der Waals surface area contributed by atoms with Crippen LogP contribution in [-0.2, 0) is 17.4 Å². The summed E-state index contributed by atoms with van der Waals surface area (Å²) in [6.07, 6.45) is 1.96. The first-order chi connectivity index (χ1) is 15.4. The first-order valence-corrected chi connectivity index (χ1v) is 11.8. The molecule has 2 aromatic carbocycles. The molecule has 5 heteroatoms. The fourth-order valence-corrected chi connectivity index (χ4v) is 6.21. The highest BCUT2D eigenvalue weighted by atomic mass is 19.1. The smallest absolute Gasteiger partial charge is 0.275 e. The van der Waals surface area contributed by atoms with Crippen LogP contribution in [-0.4, -0.2) is 9.36 Å². The van der Waals surface area contributed by atoms with Crippen molar-refractivity contribution in [3.05, 3.63) is 86.8 Å². The Morgan fingerprint density at radius 1 is 1.03 bits per heavy atom. The van der Waals surface area contributed by atoms with Crippen molar-refractivity contribution in [2.24, 2.45) is 5.41 Å². The van der Waals surface area contributed by atoms with E-state index in [0.29, 0.717) is 6.54 Å². The predicted molar refractivity (Wildman–Crippen MR) is 127 cm³/mol. The van der Waals surface area contributed by atoms with Crippen LogP contribution in [0.5, 0.6) is 0 Å². The molecule has 174 valence electrons. The van der Waals surface area contributed by atoms with Crippen molar-refractivity contribution in [3.8, 4) is 5.69 Å². The zero-order chi connectivity index (χ0) is 23.9. The summed E-state index contributed by atoms with van der Waals surface area (Å²) in [7, 11) is 0. The van der Waals surface area contributed by atoms with E-state index in [1.54, 1.807) is 0 Å². The molecule has 3 nitrogen and oxygen atoms in total. The van der Waals surface area contributed by atoms with E-state index >= 15 is 0 Å². The first kappa shape index (κ1) is 22.1. The van der Waals surface area contributed by atoms with Gasteiger partial charge in [0.15, 0.2) is 5.82 Å². The monoisotopic (exact) mass is 450 g/mol. The largest absolute Gasteiger partial charge is 0.277 e. The summed E-state index contributed by atoms with van der Waals surface area (Å²) in [4.78, 5) is 13.8. The highest BCUT2D eigenvalue weighted by Crippen LogP contribution is 2.67. The molecule has 1 aromatic heterocycles. The average Bonchev–Trinajstić information content (AvgIpc) is 3.20. The summed E-state index contributed by atoms with van der Waals surface area (Å²) < 4.78 is 32.0. The van der Waals surface area contributed by atoms with Crippen LogP contribution in [0.15, 0.2) is 47.3 Å². The van der Waals surface area contributed by atoms with Gasteiger partial charge in [-0.2, -0.15) is 0 Å². The molecule has 5 rings (SSSR count). The third kappa shape index (κ3) is 3.00. The molecule has 0 aliphatic heterocycles. The van der Waals surface area contributed by atoms with Crippen LogP contribution in [0, 0.1) is 17.0 Å². The molecular formula is C28H32F2N2O. The van der Waals surface area contributed by atoms with Gasteiger partial charge in [0.1, 0.15) is 11.5 Å². The average molecular weight is 451 g/mol. The van der Waals surface area contributed by atoms with Crippen LogP contribution >= 0.6 is 0 Å². The molecule has 2 aliphatic rings. The van der Waals surface area contributed by atoms with Crippen molar-refractivity contribution in [3.63, 3.8) is 0 Å². The second-order valence-corrected chi connectivity index (χ2v) is 11.6. The van der Waals surface area contributed by atoms with Gasteiger partial charge in [-0.15, -0.1) is 0 Å². The summed E-state index contributed by atoms with van der Waals surface area (Å²) in [5.41, 5.74) is 3.84. The fraction of sp³-hybridized carbons (Fsp3) is 0.464. The van der Waals surface area contributed by atoms with Gasteiger partial charge in [0.2, 0.25) is 0 Å². The van der Waals surface area contributed by atoms with Gasteiger partial charge >= 0.3 is 0 Å². The molecular weight excluding hydrogens is 418 g/mol. The van der Waals surface area contributed by atoms with Gasteiger partial charge in [-0.3, -0.25) is 9.48 Å². The fourth-order valence-electron chi connectivity index (χ4n) is 6.21. The predicted octanol–water partition coefficient (Wildman–Crippen LogP) is 6.44. The van der Waals surface area contributed by atoms with Gasteiger partial charge < -0.3 is 0 Å². The Bertz CT molecular complexity index is 1310. The van der Waals surface area contributed by atoms with Crippen LogP contribution in [0.1, 0.15) is 82.7 Å². The molecule has 2 bridgehead atoms. The molecule has 3 aromatic rings. The number of fused-ring (bicyclic) bond motifs is 5. The lowest BCUT2D eigenvalue weighted by atomic mass is 9.70. The van der Waals surface area contributed by atoms with E-state index in [9.17, 15) is 13.6 Å². The molecule has 2 aliphatic carbocycles. The number of nitrogens with zero attached hydrogens (tertiary/aromatic N) is 2. The molecule has 0 spiro atoms. The number of benzene rings is 2. The standard InChI is InChI=1S/C28H32F2N2O/c1-26(2,3)18-9-7-17(8-10-18)16-31-24-23(20-13-14-28(24,6)27(20,4)5)25(33)32(31)22-12-11-19(29)15-21(22)30/h7-12,15,20H,13-14,16H2,1-6H3. The highest BCUT2D eigenvalue weighted by molar-refractivity contribution is 5.48. The van der Waals surface area contributed by atoms with E-state index in [1.165, 1.54) is 22.4 Å². The van der Waals surface area contributed by atoms with Gasteiger partial charge in [0.05, 0.1) is 12.2 Å². The van der Waals surface area contributed by atoms with Gasteiger partial charge in [-0.1, -0.05) is 65.8 Å². The first-order valence-electron chi connectivity index (χ1n) is 11.8. The van der Waals surface area contributed by atoms with Gasteiger partial charge in [0.25, 0.3) is 5.56 Å². The minimum atomic E-state index is -0.727. The molecule has 1 heterocycles. The van der Waals surface area contributed by atoms with Crippen molar-refractivity contribution in [1.29, 1.82) is 0 Å². The van der Waals surface area contributed by atoms with Crippen molar-refractivity contribution in [2.45, 2.75) is 77.7 Å². The summed E-state index contributed by atoms with van der Waals surface area (Å²) in [5, 5.41) is 0. The summed E-state index contributed by atoms with van der Waals surface area (Å²) in [6, 6.07) is 11.9. The van der Waals surface area contributed by atoms with Crippen LogP contribution in [0.3, 0.4) is 0 Å². The van der Waals surface area contributed by atoms with Crippen LogP contribution in [0.4, 0.5) is 8.78 Å². The molecule has 0 saturated heterocycles. The van der Waals surface area contributed by atoms with Gasteiger partial charge in [-0.05, 0) is 52.8 Å². The van der Waals surface area contributed by atoms with Crippen molar-refractivity contribution < 1.29 is 8.78 Å². The molecule has 0 N–H and O–H groups in total. The van der Waals surface area contributed by atoms with E-state index in [0.717, 1.165) is 35.7 Å². The number of aromatic nitrogens is 2. The van der Waals surface area contributed by atoms with Gasteiger partial charge in [-0.25, -0.2) is 13.5 Å². The van der Waals surface area contributed by atoms with Crippen LogP contribution < -0.4 is 5.56 Å². The normalized spacial score (nSPS) is 23.2. The molecule has 1 fully saturated rings. The Hall–Kier alpha value is -2.69. The Morgan fingerprint density at radius 3 is 2.30 bits per heavy atom. The molecule has 33 heavy (non-hydrogen) atoms. The van der Waals surface area contributed by atoms with E-state index in [4.69, 9.17) is 0 Å². The lowest BCUT2D eigenvalue weighted by molar-refractivity contribution is 0.216. The third-order valence-electron chi connectivity index (χ3n) is 8.57. The Balaban J connectivity index is 1.72. The summed E-state index contributed by atoms with van der Waals surface area (Å²) in [5.74, 6) is -1.24. The third-order valence-corrected chi connectivity index (χ3v) is 8.57. The van der Waals surface area contributed by atoms with Crippen molar-refractivity contribution >= 4 is 0 Å². The molecule has 0 amide bonds. The number of hydrogen-bond acceptors (Lipinski definition) is 1. The van der Waals surface area contributed by atoms with Crippen LogP contribution in [0.2, 0.25) is 0 Å². The molecule has 2 atom stereocenters. The van der Waals surface area contributed by atoms with Crippen molar-refractivity contribution in [1.82, 2.24) is 9.36 Å². The SMILES string of the molecule is CC(C)(C)c1ccc(Cn2c3c(c(=O)n2-c2ccc(F)cc2F)C2CCC3(C)C2(C)C)cc1.